The molecule has 0 atom stereocenters. The van der Waals surface area contributed by atoms with Gasteiger partial charge in [0.05, 0.1) is 24.5 Å². The molecule has 0 unspecified atom stereocenters. The molecule has 1 amide bonds. The predicted octanol–water partition coefficient (Wildman–Crippen LogP) is 1.47. The highest BCUT2D eigenvalue weighted by Gasteiger charge is 2.09. The van der Waals surface area contributed by atoms with Crippen molar-refractivity contribution in [3.05, 3.63) is 42.6 Å². The van der Waals surface area contributed by atoms with Crippen molar-refractivity contribution in [3.8, 4) is 5.88 Å². The molecule has 0 fully saturated rings. The van der Waals surface area contributed by atoms with Crippen molar-refractivity contribution in [1.29, 1.82) is 0 Å². The van der Waals surface area contributed by atoms with Gasteiger partial charge in [-0.05, 0) is 18.2 Å². The monoisotopic (exact) mass is 283 g/mol. The van der Waals surface area contributed by atoms with Gasteiger partial charge in [0.25, 0.3) is 0 Å². The van der Waals surface area contributed by atoms with E-state index in [-0.39, 0.29) is 12.5 Å². The lowest BCUT2D eigenvalue weighted by Crippen LogP contribution is -2.19. The first-order valence-corrected chi connectivity index (χ1v) is 6.34. The minimum atomic E-state index is -0.197. The average Bonchev–Trinajstić information content (AvgIpc) is 2.91. The minimum absolute atomic E-state index is 0.0898. The van der Waals surface area contributed by atoms with E-state index in [4.69, 9.17) is 4.74 Å². The van der Waals surface area contributed by atoms with E-state index in [1.807, 2.05) is 24.3 Å². The highest BCUT2D eigenvalue weighted by Crippen LogP contribution is 2.12. The number of hydrogen-bond donors (Lipinski definition) is 1. The number of para-hydroxylation sites is 1. The third kappa shape index (κ3) is 2.81. The Labute approximate surface area is 120 Å². The second-order valence-electron chi connectivity index (χ2n) is 4.37. The molecule has 0 saturated carbocycles. The van der Waals surface area contributed by atoms with Crippen LogP contribution in [0.25, 0.3) is 11.0 Å². The molecular weight excluding hydrogens is 270 g/mol. The second kappa shape index (κ2) is 5.58. The summed E-state index contributed by atoms with van der Waals surface area (Å²) < 4.78 is 6.52. The highest BCUT2D eigenvalue weighted by atomic mass is 16.5. The molecule has 0 spiro atoms. The Morgan fingerprint density at radius 1 is 1.29 bits per heavy atom. The summed E-state index contributed by atoms with van der Waals surface area (Å²) in [6.45, 7) is 0.0898. The number of ether oxygens (including phenoxy) is 1. The molecule has 7 nitrogen and oxygen atoms in total. The minimum Gasteiger partial charge on any atom is -0.481 e. The summed E-state index contributed by atoms with van der Waals surface area (Å²) in [6.07, 6.45) is 1.54. The summed E-state index contributed by atoms with van der Waals surface area (Å²) in [5, 5.41) is 10.7. The van der Waals surface area contributed by atoms with E-state index in [0.717, 1.165) is 11.0 Å². The number of aromatic nitrogens is 4. The van der Waals surface area contributed by atoms with E-state index in [2.05, 4.69) is 20.6 Å². The molecule has 3 rings (SSSR count). The zero-order chi connectivity index (χ0) is 14.7. The fraction of sp³-hybridized carbons (Fsp3) is 0.143. The van der Waals surface area contributed by atoms with Gasteiger partial charge in [-0.1, -0.05) is 17.3 Å². The van der Waals surface area contributed by atoms with Gasteiger partial charge in [0, 0.05) is 6.07 Å². The van der Waals surface area contributed by atoms with Gasteiger partial charge in [-0.15, -0.1) is 5.10 Å². The van der Waals surface area contributed by atoms with Crippen LogP contribution in [-0.2, 0) is 11.3 Å². The first-order valence-electron chi connectivity index (χ1n) is 6.34. The maximum absolute atomic E-state index is 12.0. The molecule has 0 aliphatic heterocycles. The van der Waals surface area contributed by atoms with Crippen molar-refractivity contribution in [1.82, 2.24) is 20.0 Å². The van der Waals surface area contributed by atoms with E-state index in [1.54, 1.807) is 16.8 Å². The zero-order valence-corrected chi connectivity index (χ0v) is 11.4. The maximum atomic E-state index is 12.0. The fourth-order valence-electron chi connectivity index (χ4n) is 1.95. The largest absolute Gasteiger partial charge is 0.481 e. The predicted molar refractivity (Wildman–Crippen MR) is 76.9 cm³/mol. The van der Waals surface area contributed by atoms with Crippen molar-refractivity contribution in [2.45, 2.75) is 6.54 Å². The molecule has 0 bridgehead atoms. The van der Waals surface area contributed by atoms with Crippen molar-refractivity contribution in [2.24, 2.45) is 0 Å². The molecule has 1 aromatic carbocycles. The van der Waals surface area contributed by atoms with Crippen molar-refractivity contribution >= 4 is 22.6 Å². The standard InChI is InChI=1S/C14H13N5O2/c1-21-14-7-6-10(8-15-14)16-13(20)9-19-12-5-3-2-4-11(12)17-18-19/h2-8H,9H2,1H3,(H,16,20). The van der Waals surface area contributed by atoms with Crippen LogP contribution in [0.1, 0.15) is 0 Å². The Hall–Kier alpha value is -2.96. The van der Waals surface area contributed by atoms with Crippen LogP contribution in [0, 0.1) is 0 Å². The Morgan fingerprint density at radius 3 is 2.90 bits per heavy atom. The molecule has 2 heterocycles. The Morgan fingerprint density at radius 2 is 2.14 bits per heavy atom. The smallest absolute Gasteiger partial charge is 0.246 e. The molecular formula is C14H13N5O2. The molecule has 0 saturated heterocycles. The van der Waals surface area contributed by atoms with Gasteiger partial charge >= 0.3 is 0 Å². The van der Waals surface area contributed by atoms with Crippen molar-refractivity contribution in [2.75, 3.05) is 12.4 Å². The quantitative estimate of drug-likeness (QED) is 0.784. The number of methoxy groups -OCH3 is 1. The van der Waals surface area contributed by atoms with E-state index < -0.39 is 0 Å². The van der Waals surface area contributed by atoms with Crippen LogP contribution in [0.15, 0.2) is 42.6 Å². The summed E-state index contributed by atoms with van der Waals surface area (Å²) in [4.78, 5) is 16.0. The van der Waals surface area contributed by atoms with Crippen LogP contribution in [-0.4, -0.2) is 33.0 Å². The SMILES string of the molecule is COc1ccc(NC(=O)Cn2nnc3ccccc32)cn1. The Bertz CT molecular complexity index is 766. The molecule has 0 radical (unpaired) electrons. The van der Waals surface area contributed by atoms with E-state index >= 15 is 0 Å². The Balaban J connectivity index is 1.71. The number of fused-ring (bicyclic) bond motifs is 1. The number of hydrogen-bond acceptors (Lipinski definition) is 5. The van der Waals surface area contributed by atoms with Crippen molar-refractivity contribution < 1.29 is 9.53 Å². The molecule has 3 aromatic rings. The van der Waals surface area contributed by atoms with Gasteiger partial charge in [-0.25, -0.2) is 9.67 Å². The normalized spacial score (nSPS) is 10.5. The second-order valence-corrected chi connectivity index (χ2v) is 4.37. The van der Waals surface area contributed by atoms with Crippen LogP contribution in [0.3, 0.4) is 0 Å². The highest BCUT2D eigenvalue weighted by molar-refractivity contribution is 5.91. The molecule has 0 aliphatic carbocycles. The van der Waals surface area contributed by atoms with Gasteiger partial charge in [-0.3, -0.25) is 4.79 Å². The lowest BCUT2D eigenvalue weighted by molar-refractivity contribution is -0.116. The van der Waals surface area contributed by atoms with E-state index in [0.29, 0.717) is 11.6 Å². The number of nitrogens with one attached hydrogen (secondary N) is 1. The zero-order valence-electron chi connectivity index (χ0n) is 11.4. The topological polar surface area (TPSA) is 81.9 Å². The molecule has 21 heavy (non-hydrogen) atoms. The van der Waals surface area contributed by atoms with Crippen molar-refractivity contribution in [3.63, 3.8) is 0 Å². The number of pyridine rings is 1. The first kappa shape index (κ1) is 13.0. The van der Waals surface area contributed by atoms with Crippen LogP contribution >= 0.6 is 0 Å². The number of amides is 1. The first-order chi connectivity index (χ1) is 10.3. The number of rotatable bonds is 4. The summed E-state index contributed by atoms with van der Waals surface area (Å²) in [7, 11) is 1.54. The molecule has 2 aromatic heterocycles. The number of nitrogens with zero attached hydrogens (tertiary/aromatic N) is 4. The van der Waals surface area contributed by atoms with Gasteiger partial charge in [0.2, 0.25) is 11.8 Å². The number of carbonyl (C=O) groups excluding carboxylic acids is 1. The fourth-order valence-corrected chi connectivity index (χ4v) is 1.95. The van der Waals surface area contributed by atoms with Gasteiger partial charge < -0.3 is 10.1 Å². The molecule has 1 N–H and O–H groups in total. The van der Waals surface area contributed by atoms with Gasteiger partial charge in [0.15, 0.2) is 0 Å². The van der Waals surface area contributed by atoms with Crippen LogP contribution in [0.2, 0.25) is 0 Å². The Kier molecular flexibility index (Phi) is 3.46. The van der Waals surface area contributed by atoms with Crippen LogP contribution < -0.4 is 10.1 Å². The third-order valence-electron chi connectivity index (χ3n) is 2.94. The number of anilines is 1. The lowest BCUT2D eigenvalue weighted by Gasteiger charge is -2.06. The van der Waals surface area contributed by atoms with E-state index in [1.165, 1.54) is 13.3 Å². The third-order valence-corrected chi connectivity index (χ3v) is 2.94. The van der Waals surface area contributed by atoms with Gasteiger partial charge in [-0.2, -0.15) is 0 Å². The van der Waals surface area contributed by atoms with E-state index in [9.17, 15) is 4.79 Å². The summed E-state index contributed by atoms with van der Waals surface area (Å²) in [6, 6.07) is 10.9. The summed E-state index contributed by atoms with van der Waals surface area (Å²) >= 11 is 0. The summed E-state index contributed by atoms with van der Waals surface area (Å²) in [5.41, 5.74) is 2.18. The lowest BCUT2D eigenvalue weighted by atomic mass is 10.3. The molecule has 106 valence electrons. The number of benzene rings is 1. The van der Waals surface area contributed by atoms with Crippen LogP contribution in [0.5, 0.6) is 5.88 Å². The summed E-state index contributed by atoms with van der Waals surface area (Å²) in [5.74, 6) is 0.299. The van der Waals surface area contributed by atoms with Crippen LogP contribution in [0.4, 0.5) is 5.69 Å². The molecule has 7 heteroatoms. The maximum Gasteiger partial charge on any atom is 0.246 e. The van der Waals surface area contributed by atoms with Gasteiger partial charge in [0.1, 0.15) is 12.1 Å². The molecule has 0 aliphatic rings. The average molecular weight is 283 g/mol. The number of carbonyl (C=O) groups is 1.